The van der Waals surface area contributed by atoms with Gasteiger partial charge in [-0.25, -0.2) is 0 Å². The van der Waals surface area contributed by atoms with Crippen molar-refractivity contribution >= 4 is 11.6 Å². The van der Waals surface area contributed by atoms with Crippen LogP contribution in [0.3, 0.4) is 0 Å². The summed E-state index contributed by atoms with van der Waals surface area (Å²) >= 11 is 0. The van der Waals surface area contributed by atoms with Crippen LogP contribution in [-0.2, 0) is 4.79 Å². The van der Waals surface area contributed by atoms with Crippen molar-refractivity contribution in [3.63, 3.8) is 0 Å². The maximum atomic E-state index is 11.5. The van der Waals surface area contributed by atoms with Crippen LogP contribution < -0.4 is 10.2 Å². The molecular weight excluding hydrogens is 266 g/mol. The highest BCUT2D eigenvalue weighted by Gasteiger charge is 2.17. The Kier molecular flexibility index (Phi) is 5.59. The Morgan fingerprint density at radius 1 is 1.33 bits per heavy atom. The van der Waals surface area contributed by atoms with Gasteiger partial charge in [0.2, 0.25) is 5.91 Å². The second-order valence-electron chi connectivity index (χ2n) is 5.54. The second kappa shape index (κ2) is 7.43. The minimum atomic E-state index is -0.329. The first-order chi connectivity index (χ1) is 10.1. The van der Waals surface area contributed by atoms with Crippen molar-refractivity contribution in [2.45, 2.75) is 19.4 Å². The molecule has 0 spiro atoms. The van der Waals surface area contributed by atoms with Crippen molar-refractivity contribution in [3.05, 3.63) is 29.8 Å². The number of piperazine rings is 1. The molecule has 1 saturated heterocycles. The number of carbonyl (C=O) groups is 1. The Hall–Kier alpha value is -1.59. The molecule has 1 fully saturated rings. The van der Waals surface area contributed by atoms with Gasteiger partial charge in [0.1, 0.15) is 0 Å². The quantitative estimate of drug-likeness (QED) is 0.850. The Labute approximate surface area is 126 Å². The summed E-state index contributed by atoms with van der Waals surface area (Å²) in [5.74, 6) is -0.0425. The zero-order valence-electron chi connectivity index (χ0n) is 12.9. The molecule has 1 aliphatic rings. The van der Waals surface area contributed by atoms with Crippen LogP contribution in [0.15, 0.2) is 24.3 Å². The highest BCUT2D eigenvalue weighted by Crippen LogP contribution is 2.22. The van der Waals surface area contributed by atoms with Crippen molar-refractivity contribution in [3.8, 4) is 0 Å². The Bertz CT molecular complexity index is 470. The zero-order valence-corrected chi connectivity index (χ0v) is 12.9. The van der Waals surface area contributed by atoms with Crippen molar-refractivity contribution in [1.82, 2.24) is 10.2 Å². The van der Waals surface area contributed by atoms with E-state index < -0.39 is 0 Å². The number of nitrogens with one attached hydrogen (secondary N) is 1. The molecule has 0 radical (unpaired) electrons. The summed E-state index contributed by atoms with van der Waals surface area (Å²) in [5.41, 5.74) is 2.11. The number of hydrogen-bond acceptors (Lipinski definition) is 4. The summed E-state index contributed by atoms with van der Waals surface area (Å²) in [6.45, 7) is 5.85. The van der Waals surface area contributed by atoms with E-state index in [-0.39, 0.29) is 18.6 Å². The van der Waals surface area contributed by atoms with E-state index in [2.05, 4.69) is 34.3 Å². The molecule has 2 rings (SSSR count). The highest BCUT2D eigenvalue weighted by molar-refractivity contribution is 5.76. The molecule has 116 valence electrons. The van der Waals surface area contributed by atoms with Crippen molar-refractivity contribution < 1.29 is 9.90 Å². The lowest BCUT2D eigenvalue weighted by atomic mass is 10.1. The van der Waals surface area contributed by atoms with E-state index in [1.807, 2.05) is 19.1 Å². The third-order valence-corrected chi connectivity index (χ3v) is 3.98. The minimum Gasteiger partial charge on any atom is -0.394 e. The monoisotopic (exact) mass is 291 g/mol. The van der Waals surface area contributed by atoms with E-state index in [1.54, 1.807) is 0 Å². The summed E-state index contributed by atoms with van der Waals surface area (Å²) in [7, 11) is 2.13. The van der Waals surface area contributed by atoms with Gasteiger partial charge < -0.3 is 20.2 Å². The van der Waals surface area contributed by atoms with Crippen molar-refractivity contribution in [2.75, 3.05) is 44.7 Å². The number of hydrogen-bond donors (Lipinski definition) is 2. The first-order valence-electron chi connectivity index (χ1n) is 7.57. The molecule has 5 heteroatoms. The average molecular weight is 291 g/mol. The minimum absolute atomic E-state index is 0.0425. The molecule has 1 heterocycles. The molecule has 2 N–H and O–H groups in total. The van der Waals surface area contributed by atoms with Gasteiger partial charge in [-0.1, -0.05) is 19.1 Å². The van der Waals surface area contributed by atoms with E-state index in [4.69, 9.17) is 0 Å². The van der Waals surface area contributed by atoms with Gasteiger partial charge >= 0.3 is 0 Å². The Morgan fingerprint density at radius 3 is 2.67 bits per heavy atom. The summed E-state index contributed by atoms with van der Waals surface area (Å²) in [4.78, 5) is 16.2. The van der Waals surface area contributed by atoms with Gasteiger partial charge in [-0.3, -0.25) is 4.79 Å². The standard InChI is InChI=1S/C16H25N3O2/c1-3-16(21)17-15(12-20)13-5-4-6-14(11-13)19-9-7-18(2)8-10-19/h4-6,11,15,20H,3,7-10,12H2,1-2H3,(H,17,21)/t15-/m1/s1. The van der Waals surface area contributed by atoms with Gasteiger partial charge in [0.15, 0.2) is 0 Å². The van der Waals surface area contributed by atoms with E-state index in [0.717, 1.165) is 37.4 Å². The molecule has 1 atom stereocenters. The number of likely N-dealkylation sites (N-methyl/N-ethyl adjacent to an activating group) is 1. The molecule has 1 aliphatic heterocycles. The van der Waals surface area contributed by atoms with E-state index in [1.165, 1.54) is 0 Å². The van der Waals surface area contributed by atoms with Gasteiger partial charge in [-0.15, -0.1) is 0 Å². The number of aliphatic hydroxyl groups is 1. The zero-order chi connectivity index (χ0) is 15.2. The molecule has 5 nitrogen and oxygen atoms in total. The van der Waals surface area contributed by atoms with Crippen LogP contribution in [0.5, 0.6) is 0 Å². The lowest BCUT2D eigenvalue weighted by Crippen LogP contribution is -2.44. The number of aliphatic hydroxyl groups excluding tert-OH is 1. The molecule has 1 aromatic carbocycles. The van der Waals surface area contributed by atoms with Crippen LogP contribution >= 0.6 is 0 Å². The normalized spacial score (nSPS) is 17.6. The van der Waals surface area contributed by atoms with Crippen LogP contribution in [-0.4, -0.2) is 55.7 Å². The third kappa shape index (κ3) is 4.19. The van der Waals surface area contributed by atoms with Gasteiger partial charge in [0, 0.05) is 38.3 Å². The second-order valence-corrected chi connectivity index (χ2v) is 5.54. The van der Waals surface area contributed by atoms with Crippen LogP contribution in [0, 0.1) is 0 Å². The molecule has 0 aromatic heterocycles. The predicted molar refractivity (Wildman–Crippen MR) is 84.4 cm³/mol. The third-order valence-electron chi connectivity index (χ3n) is 3.98. The van der Waals surface area contributed by atoms with Gasteiger partial charge in [-0.05, 0) is 24.7 Å². The van der Waals surface area contributed by atoms with Crippen molar-refractivity contribution in [2.24, 2.45) is 0 Å². The SMILES string of the molecule is CCC(=O)N[C@H](CO)c1cccc(N2CCN(C)CC2)c1. The highest BCUT2D eigenvalue weighted by atomic mass is 16.3. The molecule has 0 bridgehead atoms. The molecule has 1 aromatic rings. The van der Waals surface area contributed by atoms with E-state index >= 15 is 0 Å². The fourth-order valence-electron chi connectivity index (χ4n) is 2.53. The van der Waals surface area contributed by atoms with Gasteiger partial charge in [0.05, 0.1) is 12.6 Å². The summed E-state index contributed by atoms with van der Waals surface area (Å²) in [6, 6.07) is 7.78. The molecule has 1 amide bonds. The number of carbonyl (C=O) groups excluding carboxylic acids is 1. The maximum absolute atomic E-state index is 11.5. The van der Waals surface area contributed by atoms with Gasteiger partial charge in [-0.2, -0.15) is 0 Å². The lowest BCUT2D eigenvalue weighted by Gasteiger charge is -2.34. The van der Waals surface area contributed by atoms with Crippen LogP contribution in [0.1, 0.15) is 24.9 Å². The Morgan fingerprint density at radius 2 is 2.05 bits per heavy atom. The smallest absolute Gasteiger partial charge is 0.220 e. The molecular formula is C16H25N3O2. The predicted octanol–water partition coefficient (Wildman–Crippen LogP) is 0.998. The fraction of sp³-hybridized carbons (Fsp3) is 0.562. The summed E-state index contributed by atoms with van der Waals surface area (Å²) in [6.07, 6.45) is 0.425. The molecule has 21 heavy (non-hydrogen) atoms. The lowest BCUT2D eigenvalue weighted by molar-refractivity contribution is -0.121. The van der Waals surface area contributed by atoms with E-state index in [9.17, 15) is 9.90 Å². The first-order valence-corrected chi connectivity index (χ1v) is 7.57. The topological polar surface area (TPSA) is 55.8 Å². The summed E-state index contributed by atoms with van der Waals surface area (Å²) in [5, 5.41) is 12.4. The average Bonchev–Trinajstić information content (AvgIpc) is 2.53. The van der Waals surface area contributed by atoms with Crippen molar-refractivity contribution in [1.29, 1.82) is 0 Å². The molecule has 0 unspecified atom stereocenters. The van der Waals surface area contributed by atoms with Crippen LogP contribution in [0.2, 0.25) is 0 Å². The van der Waals surface area contributed by atoms with Gasteiger partial charge in [0.25, 0.3) is 0 Å². The molecule has 0 aliphatic carbocycles. The first kappa shape index (κ1) is 15.8. The van der Waals surface area contributed by atoms with E-state index in [0.29, 0.717) is 6.42 Å². The number of anilines is 1. The number of amides is 1. The maximum Gasteiger partial charge on any atom is 0.220 e. The van der Waals surface area contributed by atoms with Crippen LogP contribution in [0.4, 0.5) is 5.69 Å². The number of rotatable bonds is 5. The van der Waals surface area contributed by atoms with Crippen LogP contribution in [0.25, 0.3) is 0 Å². The molecule has 0 saturated carbocycles. The largest absolute Gasteiger partial charge is 0.394 e. The number of nitrogens with zero attached hydrogens (tertiary/aromatic N) is 2. The summed E-state index contributed by atoms with van der Waals surface area (Å²) < 4.78 is 0. The number of benzene rings is 1. The fourth-order valence-corrected chi connectivity index (χ4v) is 2.53. The Balaban J connectivity index is 2.10.